The van der Waals surface area contributed by atoms with Gasteiger partial charge in [-0.05, 0) is 50.2 Å². The first kappa shape index (κ1) is 22.9. The number of carbonyl (C=O) groups excluding carboxylic acids is 1. The fourth-order valence-electron chi connectivity index (χ4n) is 3.67. The lowest BCUT2D eigenvalue weighted by Crippen LogP contribution is -2.23. The van der Waals surface area contributed by atoms with Crippen LogP contribution in [0, 0.1) is 12.7 Å². The smallest absolute Gasteiger partial charge is 0.237 e. The molecule has 1 aromatic heterocycles. The Morgan fingerprint density at radius 2 is 1.77 bits per heavy atom. The predicted molar refractivity (Wildman–Crippen MR) is 133 cm³/mol. The molecule has 0 saturated carbocycles. The van der Waals surface area contributed by atoms with Crippen molar-refractivity contribution in [1.82, 2.24) is 14.8 Å². The van der Waals surface area contributed by atoms with Crippen molar-refractivity contribution in [3.05, 3.63) is 78.1 Å². The molecule has 1 amide bonds. The number of nitrogens with zero attached hydrogens (tertiary/aromatic N) is 3. The molecule has 1 aliphatic rings. The van der Waals surface area contributed by atoms with E-state index >= 15 is 0 Å². The first-order chi connectivity index (χ1) is 17.0. The SMILES string of the molecule is Cc1ccc(-n2c(SC(C)C(=O)Nc3ccc4c(c3)OCCO4)nnc2-c2ccccc2F)cc1. The fraction of sp³-hybridized carbons (Fsp3) is 0.192. The number of amides is 1. The molecule has 178 valence electrons. The van der Waals surface area contributed by atoms with E-state index in [-0.39, 0.29) is 5.91 Å². The molecule has 0 radical (unpaired) electrons. The first-order valence-electron chi connectivity index (χ1n) is 11.1. The summed E-state index contributed by atoms with van der Waals surface area (Å²) in [5.41, 5.74) is 2.82. The number of hydrogen-bond acceptors (Lipinski definition) is 6. The summed E-state index contributed by atoms with van der Waals surface area (Å²) >= 11 is 1.25. The zero-order valence-corrected chi connectivity index (χ0v) is 20.0. The summed E-state index contributed by atoms with van der Waals surface area (Å²) in [6.07, 6.45) is 0. The largest absolute Gasteiger partial charge is 0.486 e. The van der Waals surface area contributed by atoms with Gasteiger partial charge >= 0.3 is 0 Å². The van der Waals surface area contributed by atoms with Crippen LogP contribution in [0.4, 0.5) is 10.1 Å². The van der Waals surface area contributed by atoms with E-state index in [2.05, 4.69) is 15.5 Å². The third kappa shape index (κ3) is 4.85. The van der Waals surface area contributed by atoms with Gasteiger partial charge in [-0.25, -0.2) is 4.39 Å². The van der Waals surface area contributed by atoms with Crippen molar-refractivity contribution in [3.8, 4) is 28.6 Å². The summed E-state index contributed by atoms with van der Waals surface area (Å²) in [6.45, 7) is 4.75. The van der Waals surface area contributed by atoms with Crippen LogP contribution in [0.1, 0.15) is 12.5 Å². The van der Waals surface area contributed by atoms with E-state index in [1.165, 1.54) is 17.8 Å². The molecule has 35 heavy (non-hydrogen) atoms. The molecule has 3 aromatic carbocycles. The summed E-state index contributed by atoms with van der Waals surface area (Å²) in [6, 6.07) is 19.5. The van der Waals surface area contributed by atoms with E-state index in [4.69, 9.17) is 9.47 Å². The maximum atomic E-state index is 14.6. The van der Waals surface area contributed by atoms with Gasteiger partial charge in [0.05, 0.1) is 10.8 Å². The van der Waals surface area contributed by atoms with Gasteiger partial charge in [-0.15, -0.1) is 10.2 Å². The van der Waals surface area contributed by atoms with Gasteiger partial charge in [0.1, 0.15) is 19.0 Å². The van der Waals surface area contributed by atoms with E-state index in [0.717, 1.165) is 11.3 Å². The molecule has 1 aliphatic heterocycles. The van der Waals surface area contributed by atoms with Crippen molar-refractivity contribution >= 4 is 23.4 Å². The summed E-state index contributed by atoms with van der Waals surface area (Å²) in [5.74, 6) is 1.02. The van der Waals surface area contributed by atoms with Gasteiger partial charge in [0.2, 0.25) is 5.91 Å². The van der Waals surface area contributed by atoms with Gasteiger partial charge in [-0.1, -0.05) is 41.6 Å². The third-order valence-electron chi connectivity index (χ3n) is 5.50. The molecule has 9 heteroatoms. The van der Waals surface area contributed by atoms with Crippen LogP contribution in [0.2, 0.25) is 0 Å². The van der Waals surface area contributed by atoms with Gasteiger partial charge in [-0.2, -0.15) is 0 Å². The molecule has 1 N–H and O–H groups in total. The molecule has 4 aromatic rings. The molecule has 1 atom stereocenters. The van der Waals surface area contributed by atoms with Gasteiger partial charge in [-0.3, -0.25) is 9.36 Å². The van der Waals surface area contributed by atoms with Crippen LogP contribution in [0.25, 0.3) is 17.1 Å². The molecule has 0 fully saturated rings. The second-order valence-electron chi connectivity index (χ2n) is 8.06. The number of anilines is 1. The van der Waals surface area contributed by atoms with E-state index in [0.29, 0.717) is 46.9 Å². The first-order valence-corrected chi connectivity index (χ1v) is 12.0. The van der Waals surface area contributed by atoms with Crippen LogP contribution in [0.15, 0.2) is 71.9 Å². The lowest BCUT2D eigenvalue weighted by atomic mass is 10.2. The van der Waals surface area contributed by atoms with E-state index in [1.807, 2.05) is 31.2 Å². The highest BCUT2D eigenvalue weighted by Crippen LogP contribution is 2.34. The average molecular weight is 491 g/mol. The second-order valence-corrected chi connectivity index (χ2v) is 9.37. The molecule has 0 spiro atoms. The Bertz CT molecular complexity index is 1370. The van der Waals surface area contributed by atoms with Gasteiger partial charge in [0, 0.05) is 17.4 Å². The highest BCUT2D eigenvalue weighted by Gasteiger charge is 2.23. The number of benzene rings is 3. The van der Waals surface area contributed by atoms with Crippen LogP contribution in [0.3, 0.4) is 0 Å². The zero-order chi connectivity index (χ0) is 24.4. The molecule has 2 heterocycles. The minimum Gasteiger partial charge on any atom is -0.486 e. The number of nitrogens with one attached hydrogen (secondary N) is 1. The number of thioether (sulfide) groups is 1. The Kier molecular flexibility index (Phi) is 6.41. The fourth-order valence-corrected chi connectivity index (χ4v) is 4.53. The lowest BCUT2D eigenvalue weighted by Gasteiger charge is -2.19. The number of hydrogen-bond donors (Lipinski definition) is 1. The van der Waals surface area contributed by atoms with Gasteiger partial charge < -0.3 is 14.8 Å². The van der Waals surface area contributed by atoms with Crippen LogP contribution in [-0.4, -0.2) is 39.1 Å². The molecule has 1 unspecified atom stereocenters. The second kappa shape index (κ2) is 9.79. The molecule has 0 saturated heterocycles. The minimum atomic E-state index is -0.509. The van der Waals surface area contributed by atoms with Crippen molar-refractivity contribution in [3.63, 3.8) is 0 Å². The normalized spacial score (nSPS) is 13.3. The Morgan fingerprint density at radius 3 is 2.54 bits per heavy atom. The van der Waals surface area contributed by atoms with E-state index in [1.54, 1.807) is 47.9 Å². The van der Waals surface area contributed by atoms with Crippen molar-refractivity contribution < 1.29 is 18.7 Å². The number of halogens is 1. The highest BCUT2D eigenvalue weighted by molar-refractivity contribution is 8.00. The number of aromatic nitrogens is 3. The van der Waals surface area contributed by atoms with Crippen LogP contribution >= 0.6 is 11.8 Å². The van der Waals surface area contributed by atoms with Crippen LogP contribution in [-0.2, 0) is 4.79 Å². The predicted octanol–water partition coefficient (Wildman–Crippen LogP) is 5.27. The molecule has 0 bridgehead atoms. The quantitative estimate of drug-likeness (QED) is 0.371. The number of fused-ring (bicyclic) bond motifs is 1. The van der Waals surface area contributed by atoms with Crippen LogP contribution in [0.5, 0.6) is 11.5 Å². The summed E-state index contributed by atoms with van der Waals surface area (Å²) in [7, 11) is 0. The highest BCUT2D eigenvalue weighted by atomic mass is 32.2. The topological polar surface area (TPSA) is 78.3 Å². The van der Waals surface area contributed by atoms with Gasteiger partial charge in [0.15, 0.2) is 22.5 Å². The maximum absolute atomic E-state index is 14.6. The monoisotopic (exact) mass is 490 g/mol. The average Bonchev–Trinajstić information content (AvgIpc) is 3.27. The summed E-state index contributed by atoms with van der Waals surface area (Å²) in [5, 5.41) is 11.5. The number of aryl methyl sites for hydroxylation is 1. The Morgan fingerprint density at radius 1 is 1.03 bits per heavy atom. The molecule has 0 aliphatic carbocycles. The minimum absolute atomic E-state index is 0.211. The third-order valence-corrected chi connectivity index (χ3v) is 6.54. The lowest BCUT2D eigenvalue weighted by molar-refractivity contribution is -0.115. The Hall–Kier alpha value is -3.85. The molecule has 7 nitrogen and oxygen atoms in total. The molecule has 5 rings (SSSR count). The number of carbonyl (C=O) groups is 1. The van der Waals surface area contributed by atoms with Crippen molar-refractivity contribution in [2.24, 2.45) is 0 Å². The Balaban J connectivity index is 1.42. The molecular weight excluding hydrogens is 467 g/mol. The van der Waals surface area contributed by atoms with Crippen molar-refractivity contribution in [1.29, 1.82) is 0 Å². The molecular formula is C26H23FN4O3S. The van der Waals surface area contributed by atoms with E-state index < -0.39 is 11.1 Å². The maximum Gasteiger partial charge on any atom is 0.237 e. The number of rotatable bonds is 6. The van der Waals surface area contributed by atoms with Crippen molar-refractivity contribution in [2.75, 3.05) is 18.5 Å². The Labute approximate surface area is 206 Å². The van der Waals surface area contributed by atoms with E-state index in [9.17, 15) is 9.18 Å². The van der Waals surface area contributed by atoms with Crippen molar-refractivity contribution in [2.45, 2.75) is 24.3 Å². The zero-order valence-electron chi connectivity index (χ0n) is 19.2. The van der Waals surface area contributed by atoms with Gasteiger partial charge in [0.25, 0.3) is 0 Å². The summed E-state index contributed by atoms with van der Waals surface area (Å²) < 4.78 is 27.5. The standard InChI is InChI=1S/C26H23FN4O3S/c1-16-7-10-19(11-8-16)31-24(20-5-3-4-6-21(20)27)29-30-26(31)35-17(2)25(32)28-18-9-12-22-23(15-18)34-14-13-33-22/h3-12,15,17H,13-14H2,1-2H3,(H,28,32). The van der Waals surface area contributed by atoms with Crippen LogP contribution < -0.4 is 14.8 Å². The summed E-state index contributed by atoms with van der Waals surface area (Å²) in [4.78, 5) is 13.0. The number of ether oxygens (including phenoxy) is 2.